The molecule has 0 spiro atoms. The summed E-state index contributed by atoms with van der Waals surface area (Å²) in [5, 5.41) is 15.5. The molecule has 0 saturated carbocycles. The Bertz CT molecular complexity index is 1050. The van der Waals surface area contributed by atoms with E-state index in [9.17, 15) is 4.79 Å². The summed E-state index contributed by atoms with van der Waals surface area (Å²) in [5.74, 6) is 1.87. The zero-order valence-corrected chi connectivity index (χ0v) is 19.5. The summed E-state index contributed by atoms with van der Waals surface area (Å²) in [6, 6.07) is 7.16. The summed E-state index contributed by atoms with van der Waals surface area (Å²) in [4.78, 5) is 13.9. The van der Waals surface area contributed by atoms with Gasteiger partial charge < -0.3 is 9.88 Å². The predicted octanol–water partition coefficient (Wildman–Crippen LogP) is 5.93. The maximum absolute atomic E-state index is 12.4. The molecule has 4 rings (SSSR count). The van der Waals surface area contributed by atoms with Crippen molar-refractivity contribution < 1.29 is 4.79 Å². The van der Waals surface area contributed by atoms with E-state index in [4.69, 9.17) is 11.6 Å². The number of anilines is 1. The normalized spacial score (nSPS) is 15.8. The Labute approximate surface area is 190 Å². The summed E-state index contributed by atoms with van der Waals surface area (Å²) in [7, 11) is 0. The Morgan fingerprint density at radius 3 is 3.07 bits per heavy atom. The molecule has 0 bridgehead atoms. The molecule has 5 nitrogen and oxygen atoms in total. The van der Waals surface area contributed by atoms with Crippen molar-refractivity contribution in [1.82, 2.24) is 14.8 Å². The topological polar surface area (TPSA) is 59.8 Å². The smallest absolute Gasteiger partial charge is 0.234 e. The van der Waals surface area contributed by atoms with Crippen LogP contribution in [-0.2, 0) is 24.2 Å². The van der Waals surface area contributed by atoms with Gasteiger partial charge in [-0.15, -0.1) is 21.5 Å². The molecule has 30 heavy (non-hydrogen) atoms. The van der Waals surface area contributed by atoms with Crippen LogP contribution in [0.1, 0.15) is 37.1 Å². The van der Waals surface area contributed by atoms with Gasteiger partial charge in [-0.2, -0.15) is 0 Å². The fraction of sp³-hybridized carbons (Fsp3) is 0.409. The maximum atomic E-state index is 12.4. The maximum Gasteiger partial charge on any atom is 0.234 e. The summed E-state index contributed by atoms with van der Waals surface area (Å²) in [6.07, 6.45) is 4.48. The van der Waals surface area contributed by atoms with E-state index in [0.717, 1.165) is 42.7 Å². The molecule has 1 aliphatic carbocycles. The van der Waals surface area contributed by atoms with Crippen molar-refractivity contribution in [1.29, 1.82) is 0 Å². The molecule has 0 saturated heterocycles. The Hall–Kier alpha value is -1.83. The minimum Gasteiger partial charge on any atom is -0.325 e. The van der Waals surface area contributed by atoms with Crippen LogP contribution in [0.2, 0.25) is 5.02 Å². The highest BCUT2D eigenvalue weighted by molar-refractivity contribution is 7.99. The van der Waals surface area contributed by atoms with Gasteiger partial charge in [0.05, 0.1) is 5.75 Å². The number of hydrogen-bond donors (Lipinski definition) is 1. The van der Waals surface area contributed by atoms with Crippen molar-refractivity contribution in [3.05, 3.63) is 45.1 Å². The molecule has 2 heterocycles. The number of thiophene rings is 1. The van der Waals surface area contributed by atoms with Crippen molar-refractivity contribution >= 4 is 46.3 Å². The Balaban J connectivity index is 1.50. The number of carbonyl (C=O) groups is 1. The molecule has 1 unspecified atom stereocenters. The molecular formula is C22H25ClN4OS2. The minimum absolute atomic E-state index is 0.0863. The number of nitrogens with one attached hydrogen (secondary N) is 1. The minimum atomic E-state index is -0.0863. The van der Waals surface area contributed by atoms with Crippen molar-refractivity contribution in [2.75, 3.05) is 11.1 Å². The third kappa shape index (κ3) is 4.74. The number of thioether (sulfide) groups is 1. The lowest BCUT2D eigenvalue weighted by Gasteiger charge is -2.19. The van der Waals surface area contributed by atoms with E-state index in [-0.39, 0.29) is 11.7 Å². The monoisotopic (exact) mass is 460 g/mol. The lowest BCUT2D eigenvalue weighted by atomic mass is 9.88. The predicted molar refractivity (Wildman–Crippen MR) is 126 cm³/mol. The van der Waals surface area contributed by atoms with Crippen LogP contribution < -0.4 is 5.32 Å². The van der Waals surface area contributed by atoms with Gasteiger partial charge in [0.15, 0.2) is 11.0 Å². The molecule has 0 fully saturated rings. The molecule has 2 aromatic heterocycles. The molecule has 0 radical (unpaired) electrons. The standard InChI is InChI=1S/C22H25ClN4OS2/c1-3-9-27-21(18-12-29-19-10-14(2)7-8-17(18)19)25-26-22(27)30-13-20(28)24-16-6-4-5-15(23)11-16/h4-6,11-12,14H,3,7-10,13H2,1-2H3,(H,24,28). The number of halogens is 1. The van der Waals surface area contributed by atoms with Gasteiger partial charge in [0.1, 0.15) is 0 Å². The number of hydrogen-bond acceptors (Lipinski definition) is 5. The van der Waals surface area contributed by atoms with Crippen LogP contribution in [0.5, 0.6) is 0 Å². The molecule has 1 amide bonds. The zero-order valence-electron chi connectivity index (χ0n) is 17.2. The SMILES string of the molecule is CCCn1c(SCC(=O)Nc2cccc(Cl)c2)nnc1-c1csc2c1CCC(C)C2. The highest BCUT2D eigenvalue weighted by atomic mass is 35.5. The highest BCUT2D eigenvalue weighted by Gasteiger charge is 2.24. The first-order chi connectivity index (χ1) is 14.5. The third-order valence-corrected chi connectivity index (χ3v) is 7.50. The Morgan fingerprint density at radius 2 is 2.27 bits per heavy atom. The van der Waals surface area contributed by atoms with Gasteiger partial charge >= 0.3 is 0 Å². The average Bonchev–Trinajstić information content (AvgIpc) is 3.30. The first-order valence-electron chi connectivity index (χ1n) is 10.3. The molecule has 1 aliphatic rings. The zero-order chi connectivity index (χ0) is 21.1. The number of rotatable bonds is 7. The summed E-state index contributed by atoms with van der Waals surface area (Å²) in [5.41, 5.74) is 3.36. The van der Waals surface area contributed by atoms with Gasteiger partial charge in [0.2, 0.25) is 5.91 Å². The van der Waals surface area contributed by atoms with Gasteiger partial charge in [0.25, 0.3) is 0 Å². The number of aromatic nitrogens is 3. The van der Waals surface area contributed by atoms with E-state index in [2.05, 4.69) is 39.3 Å². The quantitative estimate of drug-likeness (QED) is 0.444. The summed E-state index contributed by atoms with van der Waals surface area (Å²) in [6.45, 7) is 5.31. The number of carbonyl (C=O) groups excluding carboxylic acids is 1. The van der Waals surface area contributed by atoms with Crippen molar-refractivity contribution in [2.45, 2.75) is 51.2 Å². The van der Waals surface area contributed by atoms with Gasteiger partial charge in [-0.05, 0) is 55.4 Å². The molecule has 1 aromatic carbocycles. The number of fused-ring (bicyclic) bond motifs is 1. The molecule has 158 valence electrons. The fourth-order valence-electron chi connectivity index (χ4n) is 3.78. The van der Waals surface area contributed by atoms with E-state index in [1.54, 1.807) is 12.1 Å². The van der Waals surface area contributed by atoms with Crippen LogP contribution in [0, 0.1) is 5.92 Å². The van der Waals surface area contributed by atoms with Crippen LogP contribution in [0.4, 0.5) is 5.69 Å². The van der Waals surface area contributed by atoms with Crippen LogP contribution in [-0.4, -0.2) is 26.4 Å². The van der Waals surface area contributed by atoms with Gasteiger partial charge in [0, 0.05) is 33.1 Å². The first-order valence-corrected chi connectivity index (χ1v) is 12.5. The average molecular weight is 461 g/mol. The van der Waals surface area contributed by atoms with Gasteiger partial charge in [-0.3, -0.25) is 4.79 Å². The summed E-state index contributed by atoms with van der Waals surface area (Å²) >= 11 is 9.26. The second kappa shape index (κ2) is 9.54. The Morgan fingerprint density at radius 1 is 1.40 bits per heavy atom. The molecule has 1 N–H and O–H groups in total. The molecule has 0 aliphatic heterocycles. The van der Waals surface area contributed by atoms with Crippen molar-refractivity contribution in [2.24, 2.45) is 5.92 Å². The van der Waals surface area contributed by atoms with E-state index < -0.39 is 0 Å². The molecular weight excluding hydrogens is 436 g/mol. The van der Waals surface area contributed by atoms with Gasteiger partial charge in [-0.25, -0.2) is 0 Å². The molecule has 8 heteroatoms. The summed E-state index contributed by atoms with van der Waals surface area (Å²) < 4.78 is 2.16. The second-order valence-electron chi connectivity index (χ2n) is 7.70. The second-order valence-corrected chi connectivity index (χ2v) is 10.0. The molecule has 1 atom stereocenters. The van der Waals surface area contributed by atoms with E-state index >= 15 is 0 Å². The van der Waals surface area contributed by atoms with Crippen LogP contribution >= 0.6 is 34.7 Å². The van der Waals surface area contributed by atoms with E-state index in [1.165, 1.54) is 34.2 Å². The lowest BCUT2D eigenvalue weighted by molar-refractivity contribution is -0.113. The fourth-order valence-corrected chi connectivity index (χ4v) is 5.98. The van der Waals surface area contributed by atoms with E-state index in [0.29, 0.717) is 10.7 Å². The largest absolute Gasteiger partial charge is 0.325 e. The van der Waals surface area contributed by atoms with E-state index in [1.807, 2.05) is 23.5 Å². The molecule has 3 aromatic rings. The highest BCUT2D eigenvalue weighted by Crippen LogP contribution is 2.38. The number of nitrogens with zero attached hydrogens (tertiary/aromatic N) is 3. The first kappa shape index (κ1) is 21.4. The van der Waals surface area contributed by atoms with Crippen LogP contribution in [0.3, 0.4) is 0 Å². The van der Waals surface area contributed by atoms with Gasteiger partial charge in [-0.1, -0.05) is 43.3 Å². The lowest BCUT2D eigenvalue weighted by Crippen LogP contribution is -2.14. The Kier molecular flexibility index (Phi) is 6.80. The van der Waals surface area contributed by atoms with Crippen molar-refractivity contribution in [3.63, 3.8) is 0 Å². The van der Waals surface area contributed by atoms with Crippen molar-refractivity contribution in [3.8, 4) is 11.4 Å². The van der Waals surface area contributed by atoms with Crippen LogP contribution in [0.25, 0.3) is 11.4 Å². The van der Waals surface area contributed by atoms with Crippen LogP contribution in [0.15, 0.2) is 34.8 Å². The number of benzene rings is 1. The number of amides is 1. The third-order valence-electron chi connectivity index (χ3n) is 5.25.